The number of aliphatic hydroxyl groups is 1. The molecule has 1 saturated carbocycles. The van der Waals surface area contributed by atoms with Gasteiger partial charge < -0.3 is 10.8 Å². The summed E-state index contributed by atoms with van der Waals surface area (Å²) in [5, 5.41) is 9.27. The Kier molecular flexibility index (Phi) is 4.67. The van der Waals surface area contributed by atoms with Gasteiger partial charge in [-0.2, -0.15) is 0 Å². The van der Waals surface area contributed by atoms with Gasteiger partial charge in [0.15, 0.2) is 0 Å². The molecule has 6 heteroatoms. The summed E-state index contributed by atoms with van der Waals surface area (Å²) >= 11 is 0. The third kappa shape index (κ3) is 3.31. The number of nitrogens with two attached hydrogens (primary N) is 1. The normalized spacial score (nSPS) is 23.1. The van der Waals surface area contributed by atoms with Crippen LogP contribution in [-0.2, 0) is 10.0 Å². The molecule has 0 aromatic heterocycles. The lowest BCUT2D eigenvalue weighted by Crippen LogP contribution is -2.32. The molecule has 0 bridgehead atoms. The summed E-state index contributed by atoms with van der Waals surface area (Å²) in [6.07, 6.45) is 2.98. The predicted molar refractivity (Wildman–Crippen MR) is 78.7 cm³/mol. The van der Waals surface area contributed by atoms with Crippen molar-refractivity contribution < 1.29 is 13.5 Å². The number of anilines is 1. The lowest BCUT2D eigenvalue weighted by atomic mass is 9.97. The van der Waals surface area contributed by atoms with Crippen LogP contribution in [0.4, 0.5) is 5.69 Å². The number of hydrogen-bond donors (Lipinski definition) is 3. The van der Waals surface area contributed by atoms with E-state index in [1.54, 1.807) is 19.1 Å². The molecule has 0 heterocycles. The molecule has 1 fully saturated rings. The summed E-state index contributed by atoms with van der Waals surface area (Å²) in [4.78, 5) is 0.232. The first-order valence-electron chi connectivity index (χ1n) is 6.90. The number of hydrogen-bond acceptors (Lipinski definition) is 4. The lowest BCUT2D eigenvalue weighted by molar-refractivity contribution is 0.195. The standard InChI is InChI=1S/C14H22N2O3S/c1-10-5-6-13(15)7-14(10)20(18,19)16-8-11-3-2-4-12(11)9-17/h5-7,11-12,16-17H,2-4,8-9,15H2,1H3. The molecule has 20 heavy (non-hydrogen) atoms. The summed E-state index contributed by atoms with van der Waals surface area (Å²) in [5.41, 5.74) is 6.77. The molecule has 112 valence electrons. The van der Waals surface area contributed by atoms with Crippen LogP contribution >= 0.6 is 0 Å². The number of aliphatic hydroxyl groups excluding tert-OH is 1. The zero-order valence-corrected chi connectivity index (χ0v) is 12.5. The van der Waals surface area contributed by atoms with E-state index >= 15 is 0 Å². The van der Waals surface area contributed by atoms with Crippen LogP contribution in [0.25, 0.3) is 0 Å². The Bertz CT molecular complexity index is 572. The molecule has 0 saturated heterocycles. The minimum Gasteiger partial charge on any atom is -0.399 e. The van der Waals surface area contributed by atoms with Crippen molar-refractivity contribution in [3.8, 4) is 0 Å². The van der Waals surface area contributed by atoms with Gasteiger partial charge in [-0.05, 0) is 49.3 Å². The van der Waals surface area contributed by atoms with Gasteiger partial charge in [-0.25, -0.2) is 13.1 Å². The number of benzene rings is 1. The van der Waals surface area contributed by atoms with Gasteiger partial charge in [-0.3, -0.25) is 0 Å². The molecule has 0 aliphatic heterocycles. The van der Waals surface area contributed by atoms with Crippen molar-refractivity contribution in [3.63, 3.8) is 0 Å². The van der Waals surface area contributed by atoms with Gasteiger partial charge in [0.25, 0.3) is 0 Å². The number of rotatable bonds is 5. The van der Waals surface area contributed by atoms with Crippen molar-refractivity contribution in [2.45, 2.75) is 31.1 Å². The minimum atomic E-state index is -3.54. The van der Waals surface area contributed by atoms with E-state index in [2.05, 4.69) is 4.72 Å². The minimum absolute atomic E-state index is 0.129. The first kappa shape index (κ1) is 15.3. The van der Waals surface area contributed by atoms with Crippen molar-refractivity contribution in [1.29, 1.82) is 0 Å². The second kappa shape index (κ2) is 6.11. The Morgan fingerprint density at radius 1 is 1.35 bits per heavy atom. The van der Waals surface area contributed by atoms with Gasteiger partial charge in [0.05, 0.1) is 4.90 Å². The van der Waals surface area contributed by atoms with E-state index < -0.39 is 10.0 Å². The molecule has 0 spiro atoms. The molecule has 2 atom stereocenters. The highest BCUT2D eigenvalue weighted by atomic mass is 32.2. The molecule has 1 aromatic rings. The number of nitrogens with one attached hydrogen (secondary N) is 1. The van der Waals surface area contributed by atoms with E-state index in [1.807, 2.05) is 0 Å². The Morgan fingerprint density at radius 3 is 2.75 bits per heavy atom. The average molecular weight is 298 g/mol. The molecule has 5 nitrogen and oxygen atoms in total. The van der Waals surface area contributed by atoms with Gasteiger partial charge in [0, 0.05) is 18.8 Å². The first-order valence-corrected chi connectivity index (χ1v) is 8.39. The molecular formula is C14H22N2O3S. The van der Waals surface area contributed by atoms with Crippen molar-refractivity contribution in [1.82, 2.24) is 4.72 Å². The molecule has 0 radical (unpaired) electrons. The molecule has 1 aliphatic carbocycles. The van der Waals surface area contributed by atoms with Crippen molar-refractivity contribution >= 4 is 15.7 Å². The predicted octanol–water partition coefficient (Wildman–Crippen LogP) is 1.26. The van der Waals surface area contributed by atoms with Crippen molar-refractivity contribution in [2.24, 2.45) is 11.8 Å². The van der Waals surface area contributed by atoms with Gasteiger partial charge >= 0.3 is 0 Å². The zero-order valence-electron chi connectivity index (χ0n) is 11.7. The maximum absolute atomic E-state index is 12.3. The van der Waals surface area contributed by atoms with Crippen LogP contribution in [0.15, 0.2) is 23.1 Å². The highest BCUT2D eigenvalue weighted by molar-refractivity contribution is 7.89. The average Bonchev–Trinajstić information content (AvgIpc) is 2.86. The van der Waals surface area contributed by atoms with Crippen molar-refractivity contribution in [3.05, 3.63) is 23.8 Å². The molecule has 0 amide bonds. The molecular weight excluding hydrogens is 276 g/mol. The van der Waals surface area contributed by atoms with Crippen LogP contribution in [0, 0.1) is 18.8 Å². The van der Waals surface area contributed by atoms with Crippen LogP contribution in [0.5, 0.6) is 0 Å². The molecule has 1 aliphatic rings. The molecule has 4 N–H and O–H groups in total. The van der Waals surface area contributed by atoms with Gasteiger partial charge in [0.2, 0.25) is 10.0 Å². The largest absolute Gasteiger partial charge is 0.399 e. The topological polar surface area (TPSA) is 92.4 Å². The summed E-state index contributed by atoms with van der Waals surface area (Å²) in [7, 11) is -3.54. The third-order valence-electron chi connectivity index (χ3n) is 4.09. The lowest BCUT2D eigenvalue weighted by Gasteiger charge is -2.18. The fraction of sp³-hybridized carbons (Fsp3) is 0.571. The quantitative estimate of drug-likeness (QED) is 0.714. The van der Waals surface area contributed by atoms with E-state index in [4.69, 9.17) is 5.73 Å². The maximum Gasteiger partial charge on any atom is 0.240 e. The SMILES string of the molecule is Cc1ccc(N)cc1S(=O)(=O)NCC1CCCC1CO. The van der Waals surface area contributed by atoms with E-state index in [0.29, 0.717) is 17.8 Å². The van der Waals surface area contributed by atoms with Gasteiger partial charge in [-0.15, -0.1) is 0 Å². The summed E-state index contributed by atoms with van der Waals surface area (Å²) in [5.74, 6) is 0.427. The van der Waals surface area contributed by atoms with Crippen LogP contribution < -0.4 is 10.5 Å². The van der Waals surface area contributed by atoms with Crippen molar-refractivity contribution in [2.75, 3.05) is 18.9 Å². The maximum atomic E-state index is 12.3. The number of sulfonamides is 1. The monoisotopic (exact) mass is 298 g/mol. The first-order chi connectivity index (χ1) is 9.44. The Labute approximate surface area is 120 Å². The number of aryl methyl sites for hydroxylation is 1. The van der Waals surface area contributed by atoms with Crippen LogP contribution in [-0.4, -0.2) is 26.7 Å². The fourth-order valence-electron chi connectivity index (χ4n) is 2.82. The second-order valence-corrected chi connectivity index (χ2v) is 7.25. The Morgan fingerprint density at radius 2 is 2.05 bits per heavy atom. The second-order valence-electron chi connectivity index (χ2n) is 5.51. The third-order valence-corrected chi connectivity index (χ3v) is 5.65. The molecule has 1 aromatic carbocycles. The highest BCUT2D eigenvalue weighted by Gasteiger charge is 2.28. The summed E-state index contributed by atoms with van der Waals surface area (Å²) in [6.45, 7) is 2.26. The highest BCUT2D eigenvalue weighted by Crippen LogP contribution is 2.31. The zero-order chi connectivity index (χ0) is 14.8. The smallest absolute Gasteiger partial charge is 0.240 e. The van der Waals surface area contributed by atoms with E-state index in [-0.39, 0.29) is 23.3 Å². The van der Waals surface area contributed by atoms with E-state index in [9.17, 15) is 13.5 Å². The van der Waals surface area contributed by atoms with Gasteiger partial charge in [0.1, 0.15) is 0 Å². The fourth-order valence-corrected chi connectivity index (χ4v) is 4.20. The van der Waals surface area contributed by atoms with E-state index in [0.717, 1.165) is 19.3 Å². The number of nitrogen functional groups attached to an aromatic ring is 1. The summed E-state index contributed by atoms with van der Waals surface area (Å²) < 4.78 is 27.3. The Balaban J connectivity index is 2.09. The van der Waals surface area contributed by atoms with Crippen LogP contribution in [0.3, 0.4) is 0 Å². The molecule has 2 unspecified atom stereocenters. The van der Waals surface area contributed by atoms with Gasteiger partial charge in [-0.1, -0.05) is 12.5 Å². The van der Waals surface area contributed by atoms with E-state index in [1.165, 1.54) is 6.07 Å². The van der Waals surface area contributed by atoms with Crippen LogP contribution in [0.2, 0.25) is 0 Å². The Hall–Kier alpha value is -1.11. The molecule has 2 rings (SSSR count). The summed E-state index contributed by atoms with van der Waals surface area (Å²) in [6, 6.07) is 4.87. The van der Waals surface area contributed by atoms with Crippen LogP contribution in [0.1, 0.15) is 24.8 Å².